The summed E-state index contributed by atoms with van der Waals surface area (Å²) >= 11 is 0. The van der Waals surface area contributed by atoms with Crippen LogP contribution in [-0.4, -0.2) is 10.5 Å². The fourth-order valence-electron chi connectivity index (χ4n) is 0.875. The first-order valence-corrected chi connectivity index (χ1v) is 5.48. The van der Waals surface area contributed by atoms with Crippen LogP contribution in [0.1, 0.15) is 26.7 Å². The van der Waals surface area contributed by atoms with Crippen LogP contribution in [0, 0.1) is 0 Å². The molecule has 0 radical (unpaired) electrons. The molecule has 8 heavy (non-hydrogen) atoms. The van der Waals surface area contributed by atoms with Crippen LogP contribution < -0.4 is 0 Å². The summed E-state index contributed by atoms with van der Waals surface area (Å²) in [5.74, 6) is 0. The van der Waals surface area contributed by atoms with Crippen molar-refractivity contribution in [2.75, 3.05) is 0 Å². The molecular weight excluding hydrogens is 136 g/mol. The van der Waals surface area contributed by atoms with Crippen LogP contribution in [0.5, 0.6) is 0 Å². The molecule has 48 valence electrons. The van der Waals surface area contributed by atoms with E-state index in [4.69, 9.17) is 0 Å². The molecule has 2 heteroatoms. The summed E-state index contributed by atoms with van der Waals surface area (Å²) in [6.45, 7) is 4.56. The minimum atomic E-state index is 0.977. The second kappa shape index (κ2) is 3.02. The van der Waals surface area contributed by atoms with E-state index in [1.54, 1.807) is 0 Å². The average molecular weight is 148 g/mol. The van der Waals surface area contributed by atoms with Gasteiger partial charge < -0.3 is 0 Å². The fourth-order valence-corrected chi connectivity index (χ4v) is 4.05. The van der Waals surface area contributed by atoms with E-state index in [2.05, 4.69) is 35.4 Å². The molecule has 1 fully saturated rings. The quantitative estimate of drug-likeness (QED) is 0.552. The molecule has 0 nitrogen and oxygen atoms in total. The minimum absolute atomic E-state index is 0.977. The Kier molecular flexibility index (Phi) is 2.57. The third-order valence-corrected chi connectivity index (χ3v) is 5.44. The third-order valence-electron chi connectivity index (χ3n) is 1.52. The highest BCUT2D eigenvalue weighted by molar-refractivity contribution is 8.80. The first-order valence-electron chi connectivity index (χ1n) is 3.20. The highest BCUT2D eigenvalue weighted by atomic mass is 33.1. The zero-order valence-corrected chi connectivity index (χ0v) is 7.02. The van der Waals surface area contributed by atoms with Gasteiger partial charge in [0.25, 0.3) is 0 Å². The van der Waals surface area contributed by atoms with Crippen molar-refractivity contribution in [1.82, 2.24) is 0 Å². The molecule has 0 spiro atoms. The van der Waals surface area contributed by atoms with E-state index < -0.39 is 0 Å². The molecule has 1 aliphatic rings. The van der Waals surface area contributed by atoms with Gasteiger partial charge in [-0.3, -0.25) is 0 Å². The summed E-state index contributed by atoms with van der Waals surface area (Å²) < 4.78 is 0. The van der Waals surface area contributed by atoms with E-state index in [-0.39, 0.29) is 0 Å². The molecule has 0 aromatic heterocycles. The predicted octanol–water partition coefficient (Wildman–Crippen LogP) is 2.94. The second-order valence-corrected chi connectivity index (χ2v) is 4.84. The third kappa shape index (κ3) is 1.16. The van der Waals surface area contributed by atoms with Gasteiger partial charge in [-0.15, -0.1) is 0 Å². The van der Waals surface area contributed by atoms with E-state index in [0.717, 1.165) is 10.5 Å². The van der Waals surface area contributed by atoms with Gasteiger partial charge in [0.2, 0.25) is 0 Å². The largest absolute Gasteiger partial charge is 0.0892 e. The summed E-state index contributed by atoms with van der Waals surface area (Å²) in [6, 6.07) is 0. The van der Waals surface area contributed by atoms with Crippen molar-refractivity contribution in [3.63, 3.8) is 0 Å². The van der Waals surface area contributed by atoms with Gasteiger partial charge in [0.1, 0.15) is 0 Å². The summed E-state index contributed by atoms with van der Waals surface area (Å²) in [5, 5.41) is 1.95. The second-order valence-electron chi connectivity index (χ2n) is 2.09. The number of rotatable bonds is 2. The van der Waals surface area contributed by atoms with Gasteiger partial charge in [-0.2, -0.15) is 0 Å². The van der Waals surface area contributed by atoms with Crippen LogP contribution in [0.4, 0.5) is 0 Å². The zero-order chi connectivity index (χ0) is 5.98. The van der Waals surface area contributed by atoms with E-state index in [1.165, 1.54) is 12.8 Å². The van der Waals surface area contributed by atoms with Crippen molar-refractivity contribution in [3.8, 4) is 0 Å². The lowest BCUT2D eigenvalue weighted by atomic mass is 10.2. The van der Waals surface area contributed by atoms with E-state index in [9.17, 15) is 0 Å². The van der Waals surface area contributed by atoms with Crippen molar-refractivity contribution in [3.05, 3.63) is 0 Å². The van der Waals surface area contributed by atoms with Crippen LogP contribution in [-0.2, 0) is 0 Å². The van der Waals surface area contributed by atoms with Crippen LogP contribution in [0.2, 0.25) is 0 Å². The highest BCUT2D eigenvalue weighted by Crippen LogP contribution is 2.50. The Bertz CT molecular complexity index is 58.9. The van der Waals surface area contributed by atoms with Gasteiger partial charge in [-0.25, -0.2) is 0 Å². The molecule has 2 atom stereocenters. The zero-order valence-electron chi connectivity index (χ0n) is 5.39. The Morgan fingerprint density at radius 3 is 1.50 bits per heavy atom. The van der Waals surface area contributed by atoms with Crippen LogP contribution in [0.3, 0.4) is 0 Å². The normalized spacial score (nSPS) is 36.8. The van der Waals surface area contributed by atoms with Crippen LogP contribution in [0.25, 0.3) is 0 Å². The minimum Gasteiger partial charge on any atom is -0.0892 e. The van der Waals surface area contributed by atoms with Gasteiger partial charge in [0, 0.05) is 10.5 Å². The molecule has 1 heterocycles. The lowest BCUT2D eigenvalue weighted by molar-refractivity contribution is 0.733. The standard InChI is InChI=1S/C6H12S2/c1-3-5-6(4-2)8-7-5/h5-6H,3-4H2,1-2H3/t5-,6-/m0/s1. The molecule has 0 aromatic rings. The Morgan fingerprint density at radius 2 is 1.38 bits per heavy atom. The smallest absolute Gasteiger partial charge is 0.0276 e. The Morgan fingerprint density at radius 1 is 1.00 bits per heavy atom. The monoisotopic (exact) mass is 148 g/mol. The molecule has 0 aromatic carbocycles. The summed E-state index contributed by atoms with van der Waals surface area (Å²) in [7, 11) is 4.11. The number of hydrogen-bond donors (Lipinski definition) is 0. The van der Waals surface area contributed by atoms with Gasteiger partial charge in [0.15, 0.2) is 0 Å². The first kappa shape index (κ1) is 6.81. The molecule has 0 aliphatic carbocycles. The average Bonchev–Trinajstić information content (AvgIpc) is 1.66. The molecule has 1 saturated heterocycles. The molecule has 0 bridgehead atoms. The SMILES string of the molecule is CC[C@@H]1SS[C@H]1CC. The topological polar surface area (TPSA) is 0 Å². The maximum atomic E-state index is 2.28. The van der Waals surface area contributed by atoms with Crippen molar-refractivity contribution in [2.45, 2.75) is 37.2 Å². The van der Waals surface area contributed by atoms with E-state index in [0.29, 0.717) is 0 Å². The maximum absolute atomic E-state index is 2.28. The van der Waals surface area contributed by atoms with Crippen molar-refractivity contribution in [1.29, 1.82) is 0 Å². The number of hydrogen-bond acceptors (Lipinski definition) is 2. The summed E-state index contributed by atoms with van der Waals surface area (Å²) in [6.07, 6.45) is 2.71. The summed E-state index contributed by atoms with van der Waals surface area (Å²) in [5.41, 5.74) is 0. The first-order chi connectivity index (χ1) is 3.88. The van der Waals surface area contributed by atoms with Gasteiger partial charge in [0.05, 0.1) is 0 Å². The van der Waals surface area contributed by atoms with E-state index >= 15 is 0 Å². The Balaban J connectivity index is 2.16. The summed E-state index contributed by atoms with van der Waals surface area (Å²) in [4.78, 5) is 0. The molecule has 0 saturated carbocycles. The van der Waals surface area contributed by atoms with Gasteiger partial charge in [-0.1, -0.05) is 35.4 Å². The van der Waals surface area contributed by atoms with E-state index in [1.807, 2.05) is 0 Å². The molecular formula is C6H12S2. The molecule has 0 N–H and O–H groups in total. The van der Waals surface area contributed by atoms with Crippen molar-refractivity contribution >= 4 is 21.6 Å². The highest BCUT2D eigenvalue weighted by Gasteiger charge is 2.29. The van der Waals surface area contributed by atoms with Crippen LogP contribution >= 0.6 is 21.6 Å². The fraction of sp³-hybridized carbons (Fsp3) is 1.00. The predicted molar refractivity (Wildman–Crippen MR) is 43.3 cm³/mol. The van der Waals surface area contributed by atoms with Gasteiger partial charge >= 0.3 is 0 Å². The molecule has 1 rings (SSSR count). The Hall–Kier alpha value is 0.700. The molecule has 0 amide bonds. The maximum Gasteiger partial charge on any atom is 0.0276 e. The Labute approximate surface area is 59.2 Å². The lowest BCUT2D eigenvalue weighted by Crippen LogP contribution is -2.24. The van der Waals surface area contributed by atoms with Gasteiger partial charge in [-0.05, 0) is 12.8 Å². The van der Waals surface area contributed by atoms with Crippen molar-refractivity contribution in [2.24, 2.45) is 0 Å². The molecule has 0 unspecified atom stereocenters. The lowest BCUT2D eigenvalue weighted by Gasteiger charge is -2.32. The van der Waals surface area contributed by atoms with Crippen molar-refractivity contribution < 1.29 is 0 Å². The van der Waals surface area contributed by atoms with Crippen LogP contribution in [0.15, 0.2) is 0 Å². The molecule has 1 aliphatic heterocycles.